The van der Waals surface area contributed by atoms with Gasteiger partial charge in [0.15, 0.2) is 5.78 Å². The zero-order valence-electron chi connectivity index (χ0n) is 9.77. The van der Waals surface area contributed by atoms with Gasteiger partial charge in [0.25, 0.3) is 0 Å². The fourth-order valence-corrected chi connectivity index (χ4v) is 2.05. The number of hydrogen-bond acceptors (Lipinski definition) is 4. The van der Waals surface area contributed by atoms with Crippen molar-refractivity contribution in [3.8, 4) is 5.75 Å². The normalized spacial score (nSPS) is 10.2. The molecule has 2 aromatic rings. The summed E-state index contributed by atoms with van der Waals surface area (Å²) >= 11 is 1.53. The maximum Gasteiger partial charge on any atom is 0.163 e. The Bertz CT molecular complexity index is 520. The molecule has 0 unspecified atom stereocenters. The summed E-state index contributed by atoms with van der Waals surface area (Å²) in [6.07, 6.45) is 0. The highest BCUT2D eigenvalue weighted by molar-refractivity contribution is 7.07. The third-order valence-corrected chi connectivity index (χ3v) is 3.01. The molecule has 0 aliphatic rings. The van der Waals surface area contributed by atoms with E-state index in [9.17, 15) is 4.79 Å². The summed E-state index contributed by atoms with van der Waals surface area (Å²) in [5.74, 6) is 0.637. The van der Waals surface area contributed by atoms with Crippen molar-refractivity contribution in [2.24, 2.45) is 0 Å². The summed E-state index contributed by atoms with van der Waals surface area (Å²) in [4.78, 5) is 15.6. The summed E-state index contributed by atoms with van der Waals surface area (Å²) in [5.41, 5.74) is 4.32. The highest BCUT2D eigenvalue weighted by Crippen LogP contribution is 2.21. The van der Waals surface area contributed by atoms with E-state index >= 15 is 0 Å². The summed E-state index contributed by atoms with van der Waals surface area (Å²) in [6.45, 7) is 3.90. The van der Waals surface area contributed by atoms with Crippen molar-refractivity contribution in [3.05, 3.63) is 45.9 Å². The Labute approximate surface area is 104 Å². The number of aryl methyl sites for hydroxylation is 1. The number of Topliss-reactive ketones (excluding diaryl/α,β-unsaturated/α-hetero) is 1. The molecule has 0 atom stereocenters. The first-order chi connectivity index (χ1) is 8.16. The molecule has 0 spiro atoms. The van der Waals surface area contributed by atoms with E-state index in [2.05, 4.69) is 4.98 Å². The predicted molar refractivity (Wildman–Crippen MR) is 67.6 cm³/mol. The van der Waals surface area contributed by atoms with Gasteiger partial charge < -0.3 is 4.74 Å². The van der Waals surface area contributed by atoms with Gasteiger partial charge in [-0.2, -0.15) is 0 Å². The van der Waals surface area contributed by atoms with Crippen molar-refractivity contribution in [1.82, 2.24) is 4.98 Å². The zero-order valence-corrected chi connectivity index (χ0v) is 10.6. The molecule has 0 saturated heterocycles. The van der Waals surface area contributed by atoms with Crippen LogP contribution in [0, 0.1) is 6.92 Å². The minimum absolute atomic E-state index is 0.0157. The first-order valence-corrected chi connectivity index (χ1v) is 6.22. The highest BCUT2D eigenvalue weighted by Gasteiger charge is 2.09. The van der Waals surface area contributed by atoms with E-state index in [1.54, 1.807) is 12.4 Å². The lowest BCUT2D eigenvalue weighted by Gasteiger charge is -2.09. The van der Waals surface area contributed by atoms with E-state index in [1.165, 1.54) is 11.3 Å². The third kappa shape index (κ3) is 2.91. The number of ketones is 1. The molecular weight excluding hydrogens is 234 g/mol. The maximum atomic E-state index is 11.5. The minimum Gasteiger partial charge on any atom is -0.487 e. The van der Waals surface area contributed by atoms with Gasteiger partial charge in [-0.1, -0.05) is 11.6 Å². The Hall–Kier alpha value is -1.68. The number of aromatic nitrogens is 1. The summed E-state index contributed by atoms with van der Waals surface area (Å²) in [6, 6.07) is 5.61. The first kappa shape index (κ1) is 11.8. The largest absolute Gasteiger partial charge is 0.487 e. The van der Waals surface area contributed by atoms with Gasteiger partial charge in [0.05, 0.1) is 16.8 Å². The number of ether oxygens (including phenoxy) is 1. The number of nitrogens with zero attached hydrogens (tertiary/aromatic N) is 1. The second kappa shape index (κ2) is 5.10. The zero-order chi connectivity index (χ0) is 12.3. The van der Waals surface area contributed by atoms with E-state index in [0.717, 1.165) is 11.3 Å². The van der Waals surface area contributed by atoms with E-state index in [1.807, 2.05) is 30.5 Å². The van der Waals surface area contributed by atoms with Crippen molar-refractivity contribution < 1.29 is 9.53 Å². The molecule has 0 aliphatic heterocycles. The molecule has 1 heterocycles. The second-order valence-electron chi connectivity index (χ2n) is 3.82. The van der Waals surface area contributed by atoms with Crippen molar-refractivity contribution in [3.63, 3.8) is 0 Å². The standard InChI is InChI=1S/C13H13NO2S/c1-9-3-4-13(12(5-9)10(2)15)16-6-11-7-17-8-14-11/h3-5,7-8H,6H2,1-2H3. The molecule has 0 amide bonds. The van der Waals surface area contributed by atoms with Crippen LogP contribution in [-0.2, 0) is 6.61 Å². The van der Waals surface area contributed by atoms with Crippen LogP contribution in [0.3, 0.4) is 0 Å². The lowest BCUT2D eigenvalue weighted by molar-refractivity contribution is 0.101. The Balaban J connectivity index is 2.17. The van der Waals surface area contributed by atoms with Crippen LogP contribution in [0.4, 0.5) is 0 Å². The number of thiazole rings is 1. The van der Waals surface area contributed by atoms with Crippen LogP contribution in [-0.4, -0.2) is 10.8 Å². The second-order valence-corrected chi connectivity index (χ2v) is 4.54. The van der Waals surface area contributed by atoms with Gasteiger partial charge in [0.2, 0.25) is 0 Å². The molecule has 2 rings (SSSR count). The molecule has 0 aliphatic carbocycles. The Morgan fingerprint density at radius 1 is 1.47 bits per heavy atom. The fourth-order valence-electron chi connectivity index (χ4n) is 1.51. The molecule has 1 aromatic heterocycles. The highest BCUT2D eigenvalue weighted by atomic mass is 32.1. The quantitative estimate of drug-likeness (QED) is 0.779. The number of benzene rings is 1. The average Bonchev–Trinajstić information content (AvgIpc) is 2.80. The van der Waals surface area contributed by atoms with Crippen molar-refractivity contribution in [1.29, 1.82) is 0 Å². The van der Waals surface area contributed by atoms with Crippen molar-refractivity contribution >= 4 is 17.1 Å². The molecule has 17 heavy (non-hydrogen) atoms. The Morgan fingerprint density at radius 3 is 2.94 bits per heavy atom. The third-order valence-electron chi connectivity index (χ3n) is 2.37. The average molecular weight is 247 g/mol. The maximum absolute atomic E-state index is 11.5. The van der Waals surface area contributed by atoms with Gasteiger partial charge in [-0.05, 0) is 26.0 Å². The van der Waals surface area contributed by atoms with Crippen LogP contribution >= 0.6 is 11.3 Å². The van der Waals surface area contributed by atoms with E-state index in [4.69, 9.17) is 4.74 Å². The molecule has 0 saturated carbocycles. The van der Waals surface area contributed by atoms with Crippen LogP contribution in [0.2, 0.25) is 0 Å². The van der Waals surface area contributed by atoms with Gasteiger partial charge in [-0.3, -0.25) is 4.79 Å². The van der Waals surface area contributed by atoms with Crippen LogP contribution in [0.15, 0.2) is 29.1 Å². The Kier molecular flexibility index (Phi) is 3.54. The number of hydrogen-bond donors (Lipinski definition) is 0. The molecule has 0 N–H and O–H groups in total. The van der Waals surface area contributed by atoms with Crippen molar-refractivity contribution in [2.45, 2.75) is 20.5 Å². The Morgan fingerprint density at radius 2 is 2.29 bits per heavy atom. The lowest BCUT2D eigenvalue weighted by atomic mass is 10.1. The summed E-state index contributed by atoms with van der Waals surface area (Å²) in [7, 11) is 0. The number of carbonyl (C=O) groups excluding carboxylic acids is 1. The SMILES string of the molecule is CC(=O)c1cc(C)ccc1OCc1cscn1. The molecule has 4 heteroatoms. The molecular formula is C13H13NO2S. The van der Waals surface area contributed by atoms with Gasteiger partial charge in [-0.25, -0.2) is 4.98 Å². The van der Waals surface area contributed by atoms with Crippen LogP contribution in [0.5, 0.6) is 5.75 Å². The van der Waals surface area contributed by atoms with E-state index in [0.29, 0.717) is 17.9 Å². The van der Waals surface area contributed by atoms with E-state index < -0.39 is 0 Å². The van der Waals surface area contributed by atoms with Crippen LogP contribution in [0.1, 0.15) is 28.5 Å². The monoisotopic (exact) mass is 247 g/mol. The lowest BCUT2D eigenvalue weighted by Crippen LogP contribution is -2.02. The summed E-state index contributed by atoms with van der Waals surface area (Å²) in [5, 5.41) is 1.93. The number of rotatable bonds is 4. The molecule has 3 nitrogen and oxygen atoms in total. The minimum atomic E-state index is 0.0157. The molecule has 0 bridgehead atoms. The topological polar surface area (TPSA) is 39.2 Å². The van der Waals surface area contributed by atoms with Gasteiger partial charge >= 0.3 is 0 Å². The predicted octanol–water partition coefficient (Wildman–Crippen LogP) is 3.23. The van der Waals surface area contributed by atoms with Crippen LogP contribution < -0.4 is 4.74 Å². The first-order valence-electron chi connectivity index (χ1n) is 5.28. The molecule has 0 fully saturated rings. The van der Waals surface area contributed by atoms with E-state index in [-0.39, 0.29) is 5.78 Å². The van der Waals surface area contributed by atoms with Crippen molar-refractivity contribution in [2.75, 3.05) is 0 Å². The molecule has 1 aromatic carbocycles. The number of carbonyl (C=O) groups is 1. The van der Waals surface area contributed by atoms with Gasteiger partial charge in [0, 0.05) is 5.38 Å². The van der Waals surface area contributed by atoms with Crippen LogP contribution in [0.25, 0.3) is 0 Å². The smallest absolute Gasteiger partial charge is 0.163 e. The van der Waals surface area contributed by atoms with Gasteiger partial charge in [-0.15, -0.1) is 11.3 Å². The fraction of sp³-hybridized carbons (Fsp3) is 0.231. The van der Waals surface area contributed by atoms with Gasteiger partial charge in [0.1, 0.15) is 12.4 Å². The molecule has 88 valence electrons. The summed E-state index contributed by atoms with van der Waals surface area (Å²) < 4.78 is 5.62. The molecule has 0 radical (unpaired) electrons.